The molecule has 4 nitrogen and oxygen atoms in total. The van der Waals surface area contributed by atoms with Crippen LogP contribution in [0.4, 0.5) is 0 Å². The number of fused-ring (bicyclic) bond motifs is 1. The van der Waals surface area contributed by atoms with Gasteiger partial charge in [-0.2, -0.15) is 5.26 Å². The lowest BCUT2D eigenvalue weighted by Gasteiger charge is -2.17. The van der Waals surface area contributed by atoms with E-state index in [4.69, 9.17) is 12.2 Å². The van der Waals surface area contributed by atoms with Crippen molar-refractivity contribution in [3.05, 3.63) is 50.1 Å². The highest BCUT2D eigenvalue weighted by molar-refractivity contribution is 7.71. The van der Waals surface area contributed by atoms with Crippen LogP contribution < -0.4 is 5.56 Å². The van der Waals surface area contributed by atoms with Crippen molar-refractivity contribution >= 4 is 12.2 Å². The van der Waals surface area contributed by atoms with Crippen molar-refractivity contribution in [3.8, 4) is 17.2 Å². The van der Waals surface area contributed by atoms with Gasteiger partial charge in [-0.05, 0) is 57.2 Å². The predicted octanol–water partition coefficient (Wildman–Crippen LogP) is 4.29. The van der Waals surface area contributed by atoms with Crippen LogP contribution in [0.2, 0.25) is 0 Å². The smallest absolute Gasteiger partial charge is 0.266 e. The summed E-state index contributed by atoms with van der Waals surface area (Å²) in [5, 5.41) is 9.59. The van der Waals surface area contributed by atoms with Crippen LogP contribution in [-0.2, 0) is 12.8 Å². The monoisotopic (exact) mass is 339 g/mol. The topological polar surface area (TPSA) is 61.6 Å². The molecule has 1 aliphatic carbocycles. The lowest BCUT2D eigenvalue weighted by atomic mass is 9.93. The maximum absolute atomic E-state index is 12.4. The average molecular weight is 339 g/mol. The van der Waals surface area contributed by atoms with Gasteiger partial charge in [-0.3, -0.25) is 4.79 Å². The quantitative estimate of drug-likeness (QED) is 0.655. The van der Waals surface area contributed by atoms with E-state index in [-0.39, 0.29) is 17.2 Å². The number of nitriles is 1. The van der Waals surface area contributed by atoms with Gasteiger partial charge in [0.05, 0.1) is 0 Å². The van der Waals surface area contributed by atoms with Crippen LogP contribution in [0.3, 0.4) is 0 Å². The van der Waals surface area contributed by atoms with Crippen LogP contribution in [-0.4, -0.2) is 9.55 Å². The molecule has 0 bridgehead atoms. The number of hydrogen-bond acceptors (Lipinski definition) is 3. The van der Waals surface area contributed by atoms with Gasteiger partial charge in [-0.25, -0.2) is 0 Å². The molecule has 3 rings (SSSR count). The van der Waals surface area contributed by atoms with Crippen molar-refractivity contribution < 1.29 is 0 Å². The Morgan fingerprint density at radius 3 is 2.75 bits per heavy atom. The summed E-state index contributed by atoms with van der Waals surface area (Å²) in [4.78, 5) is 15.4. The highest BCUT2D eigenvalue weighted by Crippen LogP contribution is 2.32. The van der Waals surface area contributed by atoms with Crippen LogP contribution in [0.1, 0.15) is 56.0 Å². The number of aromatic nitrogens is 2. The van der Waals surface area contributed by atoms with Gasteiger partial charge in [0, 0.05) is 29.1 Å². The molecule has 1 aliphatic rings. The fraction of sp³-hybridized carbons (Fsp3) is 0.421. The number of rotatable bonds is 2. The first-order valence-corrected chi connectivity index (χ1v) is 8.85. The maximum atomic E-state index is 12.4. The average Bonchev–Trinajstić information content (AvgIpc) is 2.79. The number of aromatic amines is 1. The Morgan fingerprint density at radius 1 is 1.29 bits per heavy atom. The van der Waals surface area contributed by atoms with Crippen LogP contribution in [0.5, 0.6) is 0 Å². The molecule has 0 radical (unpaired) electrons. The number of nitrogens with one attached hydrogen (secondary N) is 1. The van der Waals surface area contributed by atoms with Gasteiger partial charge in [-0.15, -0.1) is 0 Å². The molecule has 1 N–H and O–H groups in total. The molecule has 0 saturated carbocycles. The second-order valence-electron chi connectivity index (χ2n) is 6.56. The minimum Gasteiger partial charge on any atom is -0.336 e. The first kappa shape index (κ1) is 16.7. The number of nitrogens with zero attached hydrogens (tertiary/aromatic N) is 2. The summed E-state index contributed by atoms with van der Waals surface area (Å²) in [7, 11) is 0. The molecule has 2 heterocycles. The Bertz CT molecular complexity index is 931. The molecule has 0 aliphatic heterocycles. The SMILES string of the molecule is CC(C)n1cccc(-c2c3c([nH]c(=O)c2C#N)CCCCC3)c1=S. The summed E-state index contributed by atoms with van der Waals surface area (Å²) in [5.74, 6) is 0. The zero-order chi connectivity index (χ0) is 17.3. The Morgan fingerprint density at radius 2 is 2.04 bits per heavy atom. The molecule has 0 atom stereocenters. The summed E-state index contributed by atoms with van der Waals surface area (Å²) in [6, 6.07) is 6.21. The second kappa shape index (κ2) is 6.74. The molecule has 0 saturated heterocycles. The van der Waals surface area contributed by atoms with Crippen molar-refractivity contribution in [1.29, 1.82) is 5.26 Å². The van der Waals surface area contributed by atoms with Gasteiger partial charge in [0.2, 0.25) is 0 Å². The van der Waals surface area contributed by atoms with Crippen LogP contribution >= 0.6 is 12.2 Å². The largest absolute Gasteiger partial charge is 0.336 e. The fourth-order valence-electron chi connectivity index (χ4n) is 3.47. The molecule has 0 unspecified atom stereocenters. The van der Waals surface area contributed by atoms with E-state index < -0.39 is 0 Å². The van der Waals surface area contributed by atoms with E-state index in [2.05, 4.69) is 24.9 Å². The Kier molecular flexibility index (Phi) is 4.68. The molecule has 24 heavy (non-hydrogen) atoms. The van der Waals surface area contributed by atoms with Gasteiger partial charge in [0.25, 0.3) is 5.56 Å². The lowest BCUT2D eigenvalue weighted by molar-refractivity contribution is 0.590. The van der Waals surface area contributed by atoms with Gasteiger partial charge >= 0.3 is 0 Å². The summed E-state index contributed by atoms with van der Waals surface area (Å²) in [5.41, 5.74) is 3.52. The second-order valence-corrected chi connectivity index (χ2v) is 6.95. The zero-order valence-corrected chi connectivity index (χ0v) is 14.9. The minimum atomic E-state index is -0.303. The number of hydrogen-bond donors (Lipinski definition) is 1. The lowest BCUT2D eigenvalue weighted by Crippen LogP contribution is -2.18. The van der Waals surface area contributed by atoms with Crippen LogP contribution in [0.15, 0.2) is 23.1 Å². The molecule has 5 heteroatoms. The van der Waals surface area contributed by atoms with E-state index in [1.54, 1.807) is 0 Å². The first-order valence-electron chi connectivity index (χ1n) is 8.44. The summed E-state index contributed by atoms with van der Waals surface area (Å²) >= 11 is 5.68. The third-order valence-electron chi connectivity index (χ3n) is 4.67. The number of pyridine rings is 2. The van der Waals surface area contributed by atoms with Gasteiger partial charge < -0.3 is 9.55 Å². The van der Waals surface area contributed by atoms with Crippen LogP contribution in [0, 0.1) is 16.0 Å². The molecular weight excluding hydrogens is 318 g/mol. The third kappa shape index (κ3) is 2.83. The van der Waals surface area contributed by atoms with E-state index in [0.717, 1.165) is 54.5 Å². The summed E-state index contributed by atoms with van der Waals surface area (Å²) in [6.45, 7) is 4.15. The number of H-pyrrole nitrogens is 1. The Labute approximate surface area is 146 Å². The highest BCUT2D eigenvalue weighted by atomic mass is 32.1. The van der Waals surface area contributed by atoms with Gasteiger partial charge in [0.1, 0.15) is 16.3 Å². The molecule has 0 spiro atoms. The summed E-state index contributed by atoms with van der Waals surface area (Å²) in [6.07, 6.45) is 6.96. The molecule has 0 aromatic carbocycles. The summed E-state index contributed by atoms with van der Waals surface area (Å²) < 4.78 is 2.69. The molecule has 0 amide bonds. The number of aryl methyl sites for hydroxylation is 1. The molecule has 2 aromatic rings. The van der Waals surface area contributed by atoms with Crippen molar-refractivity contribution in [3.63, 3.8) is 0 Å². The van der Waals surface area contributed by atoms with Crippen molar-refractivity contribution in [2.45, 2.75) is 52.0 Å². The molecular formula is C19H21N3OS. The standard InChI is InChI=1S/C19H21N3OS/c1-12(2)22-10-6-8-14(19(22)24)17-13-7-4-3-5-9-16(13)21-18(23)15(17)11-20/h6,8,10,12H,3-5,7,9H2,1-2H3,(H,21,23). The van der Waals surface area contributed by atoms with E-state index >= 15 is 0 Å². The van der Waals surface area contributed by atoms with Gasteiger partial charge in [-0.1, -0.05) is 18.6 Å². The third-order valence-corrected chi connectivity index (χ3v) is 5.10. The van der Waals surface area contributed by atoms with Crippen molar-refractivity contribution in [2.75, 3.05) is 0 Å². The van der Waals surface area contributed by atoms with E-state index in [9.17, 15) is 10.1 Å². The van der Waals surface area contributed by atoms with E-state index in [1.807, 2.05) is 22.9 Å². The van der Waals surface area contributed by atoms with Gasteiger partial charge in [0.15, 0.2) is 0 Å². The Balaban J connectivity index is 2.38. The highest BCUT2D eigenvalue weighted by Gasteiger charge is 2.21. The first-order chi connectivity index (χ1) is 11.5. The van der Waals surface area contributed by atoms with Crippen LogP contribution in [0.25, 0.3) is 11.1 Å². The molecule has 124 valence electrons. The Hall–Kier alpha value is -2.19. The zero-order valence-electron chi connectivity index (χ0n) is 14.1. The normalized spacial score (nSPS) is 14.1. The van der Waals surface area contributed by atoms with E-state index in [1.165, 1.54) is 0 Å². The molecule has 2 aromatic heterocycles. The van der Waals surface area contributed by atoms with Crippen molar-refractivity contribution in [1.82, 2.24) is 9.55 Å². The molecule has 0 fully saturated rings. The fourth-order valence-corrected chi connectivity index (χ4v) is 3.91. The van der Waals surface area contributed by atoms with E-state index in [0.29, 0.717) is 4.64 Å². The predicted molar refractivity (Wildman–Crippen MR) is 97.7 cm³/mol. The minimum absolute atomic E-state index is 0.184. The van der Waals surface area contributed by atoms with Crippen molar-refractivity contribution in [2.24, 2.45) is 0 Å². The maximum Gasteiger partial charge on any atom is 0.266 e.